The summed E-state index contributed by atoms with van der Waals surface area (Å²) in [6.07, 6.45) is 1.06. The zero-order valence-corrected chi connectivity index (χ0v) is 6.29. The SMILES string of the molecule is C=CCC(O)CO[SH](=O)=O. The Balaban J connectivity index is 3.38. The first-order chi connectivity index (χ1) is 4.66. The number of aliphatic hydroxyl groups excluding tert-OH is 1. The van der Waals surface area contributed by atoms with Gasteiger partial charge in [-0.05, 0) is 6.42 Å². The molecule has 1 atom stereocenters. The number of hydrogen-bond acceptors (Lipinski definition) is 4. The van der Waals surface area contributed by atoms with Gasteiger partial charge in [-0.2, -0.15) is 0 Å². The lowest BCUT2D eigenvalue weighted by Gasteiger charge is -2.02. The van der Waals surface area contributed by atoms with E-state index in [4.69, 9.17) is 5.11 Å². The quantitative estimate of drug-likeness (QED) is 0.425. The molecule has 0 aromatic rings. The van der Waals surface area contributed by atoms with Crippen molar-refractivity contribution in [3.8, 4) is 0 Å². The average molecular weight is 166 g/mol. The molecule has 1 unspecified atom stereocenters. The molecule has 0 saturated carbocycles. The van der Waals surface area contributed by atoms with E-state index in [2.05, 4.69) is 10.8 Å². The second-order valence-electron chi connectivity index (χ2n) is 1.70. The van der Waals surface area contributed by atoms with Crippen molar-refractivity contribution in [1.82, 2.24) is 0 Å². The summed E-state index contributed by atoms with van der Waals surface area (Å²) in [6.45, 7) is 3.17. The number of aliphatic hydroxyl groups is 1. The summed E-state index contributed by atoms with van der Waals surface area (Å²) >= 11 is 0. The summed E-state index contributed by atoms with van der Waals surface area (Å²) in [7, 11) is -2.84. The van der Waals surface area contributed by atoms with E-state index in [-0.39, 0.29) is 6.61 Å². The van der Waals surface area contributed by atoms with Crippen molar-refractivity contribution in [3.63, 3.8) is 0 Å². The van der Waals surface area contributed by atoms with Crippen LogP contribution in [0.2, 0.25) is 0 Å². The van der Waals surface area contributed by atoms with Gasteiger partial charge in [0.15, 0.2) is 0 Å². The van der Waals surface area contributed by atoms with E-state index in [1.165, 1.54) is 6.08 Å². The van der Waals surface area contributed by atoms with Gasteiger partial charge in [-0.1, -0.05) is 6.08 Å². The predicted molar refractivity (Wildman–Crippen MR) is 37.1 cm³/mol. The van der Waals surface area contributed by atoms with Crippen LogP contribution in [0.1, 0.15) is 6.42 Å². The first-order valence-electron chi connectivity index (χ1n) is 2.73. The molecule has 0 spiro atoms. The Morgan fingerprint density at radius 3 is 2.70 bits per heavy atom. The Hall–Kier alpha value is -0.390. The van der Waals surface area contributed by atoms with Crippen LogP contribution in [-0.2, 0) is 15.2 Å². The summed E-state index contributed by atoms with van der Waals surface area (Å²) in [5, 5.41) is 8.83. The lowest BCUT2D eigenvalue weighted by atomic mass is 10.3. The highest BCUT2D eigenvalue weighted by Gasteiger charge is 2.00. The Kier molecular flexibility index (Phi) is 5.19. The van der Waals surface area contributed by atoms with E-state index in [1.54, 1.807) is 0 Å². The lowest BCUT2D eigenvalue weighted by molar-refractivity contribution is 0.116. The second-order valence-corrected chi connectivity index (χ2v) is 2.40. The van der Waals surface area contributed by atoms with Crippen LogP contribution in [-0.4, -0.2) is 26.2 Å². The third-order valence-electron chi connectivity index (χ3n) is 0.811. The monoisotopic (exact) mass is 166 g/mol. The van der Waals surface area contributed by atoms with Crippen molar-refractivity contribution >= 4 is 11.0 Å². The molecule has 1 N–H and O–H groups in total. The summed E-state index contributed by atoms with van der Waals surface area (Å²) < 4.78 is 23.7. The second kappa shape index (κ2) is 5.40. The Morgan fingerprint density at radius 1 is 1.70 bits per heavy atom. The van der Waals surface area contributed by atoms with Gasteiger partial charge in [0.2, 0.25) is 0 Å². The van der Waals surface area contributed by atoms with Crippen molar-refractivity contribution in [3.05, 3.63) is 12.7 Å². The summed E-state index contributed by atoms with van der Waals surface area (Å²) in [5.41, 5.74) is 0. The summed E-state index contributed by atoms with van der Waals surface area (Å²) in [5.74, 6) is 0. The Morgan fingerprint density at radius 2 is 2.30 bits per heavy atom. The maximum Gasteiger partial charge on any atom is 0.257 e. The molecule has 4 nitrogen and oxygen atoms in total. The molecule has 0 aliphatic rings. The highest BCUT2D eigenvalue weighted by atomic mass is 32.2. The normalized spacial score (nSPS) is 13.4. The van der Waals surface area contributed by atoms with E-state index < -0.39 is 17.1 Å². The van der Waals surface area contributed by atoms with Gasteiger partial charge < -0.3 is 5.11 Å². The van der Waals surface area contributed by atoms with E-state index in [9.17, 15) is 8.42 Å². The lowest BCUT2D eigenvalue weighted by Crippen LogP contribution is -2.13. The predicted octanol–water partition coefficient (Wildman–Crippen LogP) is -0.534. The Labute approximate surface area is 61.3 Å². The minimum Gasteiger partial charge on any atom is -0.390 e. The summed E-state index contributed by atoms with van der Waals surface area (Å²) in [6, 6.07) is 0. The molecule has 0 aliphatic carbocycles. The van der Waals surface area contributed by atoms with Crippen LogP contribution in [0.3, 0.4) is 0 Å². The maximum absolute atomic E-state index is 9.79. The van der Waals surface area contributed by atoms with E-state index >= 15 is 0 Å². The Bertz CT molecular complexity index is 155. The molecule has 0 aromatic carbocycles. The molecule has 10 heavy (non-hydrogen) atoms. The maximum atomic E-state index is 9.79. The number of thiol groups is 1. The van der Waals surface area contributed by atoms with Crippen LogP contribution in [0.5, 0.6) is 0 Å². The highest BCUT2D eigenvalue weighted by molar-refractivity contribution is 7.67. The molecule has 5 heteroatoms. The molecule has 0 fully saturated rings. The fraction of sp³-hybridized carbons (Fsp3) is 0.600. The molecule has 0 bridgehead atoms. The highest BCUT2D eigenvalue weighted by Crippen LogP contribution is 1.92. The fourth-order valence-electron chi connectivity index (χ4n) is 0.407. The van der Waals surface area contributed by atoms with Crippen molar-refractivity contribution in [2.45, 2.75) is 12.5 Å². The van der Waals surface area contributed by atoms with Gasteiger partial charge in [-0.15, -0.1) is 6.58 Å². The first kappa shape index (κ1) is 9.61. The van der Waals surface area contributed by atoms with Crippen LogP contribution in [0, 0.1) is 0 Å². The zero-order valence-electron chi connectivity index (χ0n) is 5.40. The van der Waals surface area contributed by atoms with Gasteiger partial charge in [0.1, 0.15) is 0 Å². The van der Waals surface area contributed by atoms with Gasteiger partial charge in [-0.25, -0.2) is 8.42 Å². The third-order valence-corrected chi connectivity index (χ3v) is 1.17. The molecular weight excluding hydrogens is 156 g/mol. The molecule has 60 valence electrons. The molecule has 0 aromatic heterocycles. The van der Waals surface area contributed by atoms with Gasteiger partial charge in [0.25, 0.3) is 11.0 Å². The minimum atomic E-state index is -2.84. The van der Waals surface area contributed by atoms with Gasteiger partial charge in [0, 0.05) is 0 Å². The molecule has 0 radical (unpaired) electrons. The summed E-state index contributed by atoms with van der Waals surface area (Å²) in [4.78, 5) is 0. The van der Waals surface area contributed by atoms with Crippen LogP contribution in [0.25, 0.3) is 0 Å². The molecule has 0 saturated heterocycles. The smallest absolute Gasteiger partial charge is 0.257 e. The molecule has 0 aliphatic heterocycles. The largest absolute Gasteiger partial charge is 0.390 e. The van der Waals surface area contributed by atoms with Gasteiger partial charge >= 0.3 is 0 Å². The van der Waals surface area contributed by atoms with Crippen LogP contribution < -0.4 is 0 Å². The van der Waals surface area contributed by atoms with Crippen molar-refractivity contribution < 1.29 is 17.7 Å². The van der Waals surface area contributed by atoms with Crippen molar-refractivity contribution in [2.24, 2.45) is 0 Å². The standard InChI is InChI=1S/C5H10O4S/c1-2-3-5(6)4-9-10(7)8/h2,5-6,10H,1,3-4H2. The molecule has 0 amide bonds. The fourth-order valence-corrected chi connectivity index (χ4v) is 0.701. The topological polar surface area (TPSA) is 63.6 Å². The van der Waals surface area contributed by atoms with Crippen LogP contribution >= 0.6 is 0 Å². The van der Waals surface area contributed by atoms with E-state index in [1.807, 2.05) is 0 Å². The number of rotatable bonds is 5. The van der Waals surface area contributed by atoms with Crippen molar-refractivity contribution in [1.29, 1.82) is 0 Å². The first-order valence-corrected chi connectivity index (χ1v) is 3.82. The molecular formula is C5H10O4S. The van der Waals surface area contributed by atoms with Gasteiger partial charge in [0.05, 0.1) is 12.7 Å². The van der Waals surface area contributed by atoms with E-state index in [0.29, 0.717) is 6.42 Å². The van der Waals surface area contributed by atoms with Crippen LogP contribution in [0.15, 0.2) is 12.7 Å². The zero-order chi connectivity index (χ0) is 7.98. The molecule has 0 rings (SSSR count). The van der Waals surface area contributed by atoms with Crippen LogP contribution in [0.4, 0.5) is 0 Å². The minimum absolute atomic E-state index is 0.190. The third kappa shape index (κ3) is 5.74. The van der Waals surface area contributed by atoms with Crippen molar-refractivity contribution in [2.75, 3.05) is 6.61 Å². The number of hydrogen-bond donors (Lipinski definition) is 2. The van der Waals surface area contributed by atoms with E-state index in [0.717, 1.165) is 0 Å². The van der Waals surface area contributed by atoms with Gasteiger partial charge in [-0.3, -0.25) is 4.18 Å². The molecule has 0 heterocycles. The average Bonchev–Trinajstić information content (AvgIpc) is 1.85.